The Hall–Kier alpha value is -1.45. The zero-order valence-corrected chi connectivity index (χ0v) is 13.2. The average Bonchev–Trinajstić information content (AvgIpc) is 2.87. The molecule has 0 spiro atoms. The van der Waals surface area contributed by atoms with E-state index >= 15 is 0 Å². The summed E-state index contributed by atoms with van der Waals surface area (Å²) >= 11 is 0. The lowest BCUT2D eigenvalue weighted by Crippen LogP contribution is -2.40. The fraction of sp³-hybridized carbons (Fsp3) is 0.667. The van der Waals surface area contributed by atoms with Crippen molar-refractivity contribution in [2.75, 3.05) is 20.3 Å². The number of carbonyl (C=O) groups is 1. The van der Waals surface area contributed by atoms with Crippen LogP contribution in [0.3, 0.4) is 0 Å². The lowest BCUT2D eigenvalue weighted by molar-refractivity contribution is -0.137. The fourth-order valence-electron chi connectivity index (χ4n) is 1.80. The molecule has 1 unspecified atom stereocenters. The predicted molar refractivity (Wildman–Crippen MR) is 75.4 cm³/mol. The number of aliphatic carboxylic acids is 1. The van der Waals surface area contributed by atoms with Crippen molar-refractivity contribution < 1.29 is 23.1 Å². The second-order valence-electron chi connectivity index (χ2n) is 4.63. The van der Waals surface area contributed by atoms with Crippen molar-refractivity contribution in [2.45, 2.75) is 37.8 Å². The van der Waals surface area contributed by atoms with Gasteiger partial charge in [0.25, 0.3) is 0 Å². The number of hydrogen-bond acceptors (Lipinski definition) is 5. The molecule has 9 heteroatoms. The van der Waals surface area contributed by atoms with E-state index in [9.17, 15) is 13.2 Å². The van der Waals surface area contributed by atoms with Crippen molar-refractivity contribution in [3.8, 4) is 0 Å². The fourth-order valence-corrected chi connectivity index (χ4v) is 3.44. The van der Waals surface area contributed by atoms with Crippen molar-refractivity contribution in [3.05, 3.63) is 12.4 Å². The smallest absolute Gasteiger partial charge is 0.325 e. The maximum absolute atomic E-state index is 12.6. The van der Waals surface area contributed by atoms with Crippen LogP contribution in [0, 0.1) is 0 Å². The summed E-state index contributed by atoms with van der Waals surface area (Å²) in [6, 6.07) is -0.187. The Morgan fingerprint density at radius 3 is 2.76 bits per heavy atom. The van der Waals surface area contributed by atoms with Crippen LogP contribution in [-0.2, 0) is 26.1 Å². The number of nitrogens with zero attached hydrogens (tertiary/aromatic N) is 3. The van der Waals surface area contributed by atoms with Crippen LogP contribution in [0.15, 0.2) is 17.3 Å². The molecule has 120 valence electrons. The highest BCUT2D eigenvalue weighted by atomic mass is 32.2. The number of rotatable bonds is 9. The van der Waals surface area contributed by atoms with Gasteiger partial charge >= 0.3 is 5.97 Å². The summed E-state index contributed by atoms with van der Waals surface area (Å²) in [5.74, 6) is -1.08. The van der Waals surface area contributed by atoms with Gasteiger partial charge in [-0.2, -0.15) is 9.40 Å². The van der Waals surface area contributed by atoms with E-state index in [0.717, 1.165) is 4.68 Å². The monoisotopic (exact) mass is 319 g/mol. The van der Waals surface area contributed by atoms with Crippen LogP contribution in [0.5, 0.6) is 0 Å². The molecule has 8 nitrogen and oxygen atoms in total. The molecule has 0 fully saturated rings. The van der Waals surface area contributed by atoms with E-state index in [4.69, 9.17) is 9.84 Å². The lowest BCUT2D eigenvalue weighted by atomic mass is 10.3. The number of carboxylic acids is 1. The second-order valence-corrected chi connectivity index (χ2v) is 6.52. The SMILES string of the molecule is CCC(C)N(CCOC)S(=O)(=O)c1cnn(CC(=O)O)c1. The van der Waals surface area contributed by atoms with Gasteiger partial charge in [0, 0.05) is 25.9 Å². The van der Waals surface area contributed by atoms with E-state index in [-0.39, 0.29) is 30.6 Å². The Kier molecular flexibility index (Phi) is 6.31. The van der Waals surface area contributed by atoms with Gasteiger partial charge in [-0.25, -0.2) is 8.42 Å². The van der Waals surface area contributed by atoms with Crippen LogP contribution >= 0.6 is 0 Å². The maximum Gasteiger partial charge on any atom is 0.325 e. The molecule has 0 aliphatic heterocycles. The molecular formula is C12H21N3O5S. The van der Waals surface area contributed by atoms with Gasteiger partial charge < -0.3 is 9.84 Å². The van der Waals surface area contributed by atoms with Crippen LogP contribution < -0.4 is 0 Å². The van der Waals surface area contributed by atoms with Gasteiger partial charge in [0.15, 0.2) is 0 Å². The standard InChI is InChI=1S/C12H21N3O5S/c1-4-10(2)15(5-6-20-3)21(18,19)11-7-13-14(8-11)9-12(16)17/h7-8,10H,4-6,9H2,1-3H3,(H,16,17). The molecule has 0 aliphatic carbocycles. The number of sulfonamides is 1. The molecule has 0 bridgehead atoms. The predicted octanol–water partition coefficient (Wildman–Crippen LogP) is 0.403. The molecule has 1 heterocycles. The number of ether oxygens (including phenoxy) is 1. The molecule has 0 saturated heterocycles. The van der Waals surface area contributed by atoms with Gasteiger partial charge in [-0.15, -0.1) is 0 Å². The average molecular weight is 319 g/mol. The molecule has 0 aromatic carbocycles. The maximum atomic E-state index is 12.6. The van der Waals surface area contributed by atoms with E-state index in [0.29, 0.717) is 6.42 Å². The Balaban J connectivity index is 3.04. The number of hydrogen-bond donors (Lipinski definition) is 1. The van der Waals surface area contributed by atoms with Gasteiger partial charge in [-0.3, -0.25) is 9.48 Å². The Bertz CT molecular complexity index is 569. The molecule has 1 aromatic rings. The first kappa shape index (κ1) is 17.6. The van der Waals surface area contributed by atoms with Crippen LogP contribution in [-0.4, -0.2) is 59.9 Å². The third kappa shape index (κ3) is 4.51. The number of aromatic nitrogens is 2. The van der Waals surface area contributed by atoms with Crippen molar-refractivity contribution in [1.29, 1.82) is 0 Å². The van der Waals surface area contributed by atoms with Crippen LogP contribution in [0.2, 0.25) is 0 Å². The highest BCUT2D eigenvalue weighted by Crippen LogP contribution is 2.19. The highest BCUT2D eigenvalue weighted by Gasteiger charge is 2.29. The van der Waals surface area contributed by atoms with Crippen LogP contribution in [0.4, 0.5) is 0 Å². The van der Waals surface area contributed by atoms with E-state index < -0.39 is 16.0 Å². The van der Waals surface area contributed by atoms with E-state index in [2.05, 4.69) is 5.10 Å². The molecule has 1 N–H and O–H groups in total. The highest BCUT2D eigenvalue weighted by molar-refractivity contribution is 7.89. The van der Waals surface area contributed by atoms with Gasteiger partial charge in [0.05, 0.1) is 12.8 Å². The Morgan fingerprint density at radius 2 is 2.24 bits per heavy atom. The first-order valence-electron chi connectivity index (χ1n) is 6.58. The summed E-state index contributed by atoms with van der Waals surface area (Å²) in [6.07, 6.45) is 3.05. The molecule has 21 heavy (non-hydrogen) atoms. The third-order valence-electron chi connectivity index (χ3n) is 3.11. The minimum atomic E-state index is -3.72. The zero-order valence-electron chi connectivity index (χ0n) is 12.4. The minimum absolute atomic E-state index is 0.0137. The van der Waals surface area contributed by atoms with Crippen molar-refractivity contribution in [3.63, 3.8) is 0 Å². The van der Waals surface area contributed by atoms with Crippen LogP contribution in [0.25, 0.3) is 0 Å². The minimum Gasteiger partial charge on any atom is -0.480 e. The zero-order chi connectivity index (χ0) is 16.0. The van der Waals surface area contributed by atoms with Crippen molar-refractivity contribution in [1.82, 2.24) is 14.1 Å². The Morgan fingerprint density at radius 1 is 1.57 bits per heavy atom. The Labute approximate surface area is 124 Å². The molecule has 0 aliphatic rings. The first-order chi connectivity index (χ1) is 9.82. The van der Waals surface area contributed by atoms with Gasteiger partial charge in [-0.05, 0) is 13.3 Å². The van der Waals surface area contributed by atoms with Crippen molar-refractivity contribution >= 4 is 16.0 Å². The van der Waals surface area contributed by atoms with Gasteiger partial charge in [0.1, 0.15) is 11.4 Å². The quantitative estimate of drug-likeness (QED) is 0.707. The number of methoxy groups -OCH3 is 1. The molecular weight excluding hydrogens is 298 g/mol. The van der Waals surface area contributed by atoms with E-state index in [1.165, 1.54) is 23.8 Å². The second kappa shape index (κ2) is 7.53. The summed E-state index contributed by atoms with van der Waals surface area (Å²) in [6.45, 7) is 3.85. The van der Waals surface area contributed by atoms with Crippen LogP contribution in [0.1, 0.15) is 20.3 Å². The summed E-state index contributed by atoms with van der Waals surface area (Å²) in [5.41, 5.74) is 0. The van der Waals surface area contributed by atoms with Gasteiger partial charge in [0.2, 0.25) is 10.0 Å². The van der Waals surface area contributed by atoms with Crippen molar-refractivity contribution in [2.24, 2.45) is 0 Å². The lowest BCUT2D eigenvalue weighted by Gasteiger charge is -2.26. The molecule has 0 radical (unpaired) electrons. The topological polar surface area (TPSA) is 102 Å². The molecule has 0 amide bonds. The first-order valence-corrected chi connectivity index (χ1v) is 8.02. The molecule has 0 saturated carbocycles. The molecule has 1 atom stereocenters. The third-order valence-corrected chi connectivity index (χ3v) is 5.08. The summed E-state index contributed by atoms with van der Waals surface area (Å²) in [4.78, 5) is 10.6. The molecule has 1 aromatic heterocycles. The normalized spacial score (nSPS) is 13.5. The van der Waals surface area contributed by atoms with E-state index in [1.807, 2.05) is 13.8 Å². The molecule has 1 rings (SSSR count). The largest absolute Gasteiger partial charge is 0.480 e. The van der Waals surface area contributed by atoms with E-state index in [1.54, 1.807) is 0 Å². The number of carboxylic acid groups (broad SMARTS) is 1. The van der Waals surface area contributed by atoms with Gasteiger partial charge in [-0.1, -0.05) is 6.92 Å². The summed E-state index contributed by atoms with van der Waals surface area (Å²) in [5, 5.41) is 12.5. The summed E-state index contributed by atoms with van der Waals surface area (Å²) in [7, 11) is -2.22. The summed E-state index contributed by atoms with van der Waals surface area (Å²) < 4.78 is 32.6.